The molecule has 0 saturated heterocycles. The van der Waals surface area contributed by atoms with E-state index in [0.717, 1.165) is 22.9 Å². The van der Waals surface area contributed by atoms with Crippen molar-refractivity contribution in [3.05, 3.63) is 101 Å². The maximum atomic E-state index is 13.8. The molecule has 1 N–H and O–H groups in total. The van der Waals surface area contributed by atoms with Crippen LogP contribution in [0.1, 0.15) is 48.9 Å². The first-order chi connectivity index (χ1) is 19.4. The van der Waals surface area contributed by atoms with E-state index >= 15 is 0 Å². The summed E-state index contributed by atoms with van der Waals surface area (Å²) >= 11 is 0. The monoisotopic (exact) mass is 581 g/mol. The molecule has 0 aliphatic carbocycles. The number of halogens is 1. The van der Waals surface area contributed by atoms with E-state index in [0.29, 0.717) is 17.7 Å². The summed E-state index contributed by atoms with van der Waals surface area (Å²) in [6.07, 6.45) is 1.73. The molecule has 0 aliphatic heterocycles. The topological polar surface area (TPSA) is 86.8 Å². The van der Waals surface area contributed by atoms with Gasteiger partial charge in [-0.2, -0.15) is 0 Å². The molecule has 0 heterocycles. The lowest BCUT2D eigenvalue weighted by Gasteiger charge is -2.32. The van der Waals surface area contributed by atoms with Gasteiger partial charge in [0.15, 0.2) is 0 Å². The van der Waals surface area contributed by atoms with Crippen LogP contribution in [0.2, 0.25) is 0 Å². The summed E-state index contributed by atoms with van der Waals surface area (Å²) in [5, 5.41) is 2.94. The smallest absolute Gasteiger partial charge is 0.243 e. The second-order valence-corrected chi connectivity index (χ2v) is 12.6. The average Bonchev–Trinajstić information content (AvgIpc) is 2.91. The number of carbonyl (C=O) groups is 2. The molecule has 0 aromatic heterocycles. The van der Waals surface area contributed by atoms with Crippen molar-refractivity contribution in [1.29, 1.82) is 0 Å². The third-order valence-corrected chi connectivity index (χ3v) is 8.15. The zero-order chi connectivity index (χ0) is 30.2. The van der Waals surface area contributed by atoms with Crippen molar-refractivity contribution in [3.8, 4) is 0 Å². The van der Waals surface area contributed by atoms with Crippen LogP contribution in [-0.2, 0) is 32.6 Å². The van der Waals surface area contributed by atoms with Gasteiger partial charge in [0, 0.05) is 32.0 Å². The van der Waals surface area contributed by atoms with Gasteiger partial charge in [0.1, 0.15) is 11.9 Å². The molecule has 3 aromatic carbocycles. The first-order valence-electron chi connectivity index (χ1n) is 13.8. The molecule has 0 bridgehead atoms. The lowest BCUT2D eigenvalue weighted by atomic mass is 10.0. The number of hydrogen-bond acceptors (Lipinski definition) is 4. The van der Waals surface area contributed by atoms with E-state index in [1.807, 2.05) is 70.2 Å². The molecule has 0 aliphatic rings. The lowest BCUT2D eigenvalue weighted by Crippen LogP contribution is -2.51. The summed E-state index contributed by atoms with van der Waals surface area (Å²) in [5.41, 5.74) is 3.99. The Morgan fingerprint density at radius 2 is 1.56 bits per heavy atom. The van der Waals surface area contributed by atoms with E-state index < -0.39 is 21.9 Å². The van der Waals surface area contributed by atoms with Crippen molar-refractivity contribution in [3.63, 3.8) is 0 Å². The van der Waals surface area contributed by atoms with Crippen LogP contribution in [0, 0.1) is 19.7 Å². The van der Waals surface area contributed by atoms with Crippen molar-refractivity contribution in [2.24, 2.45) is 0 Å². The molecular formula is C32H40FN3O4S. The number of aryl methyl sites for hydroxylation is 1. The highest BCUT2D eigenvalue weighted by Crippen LogP contribution is 2.26. The van der Waals surface area contributed by atoms with Gasteiger partial charge in [0.25, 0.3) is 0 Å². The van der Waals surface area contributed by atoms with Crippen LogP contribution < -0.4 is 9.62 Å². The Hall–Kier alpha value is -3.72. The number of sulfonamides is 1. The number of carbonyl (C=O) groups excluding carboxylic acids is 2. The molecule has 7 nitrogen and oxygen atoms in total. The van der Waals surface area contributed by atoms with Crippen LogP contribution in [0.4, 0.5) is 10.1 Å². The first kappa shape index (κ1) is 31.8. The van der Waals surface area contributed by atoms with Gasteiger partial charge in [-0.15, -0.1) is 0 Å². The molecule has 2 amide bonds. The van der Waals surface area contributed by atoms with Crippen LogP contribution in [0.25, 0.3) is 0 Å². The highest BCUT2D eigenvalue weighted by molar-refractivity contribution is 7.92. The fourth-order valence-corrected chi connectivity index (χ4v) is 5.73. The molecule has 3 aromatic rings. The number of rotatable bonds is 13. The molecule has 220 valence electrons. The minimum Gasteiger partial charge on any atom is -0.352 e. The number of hydrogen-bond donors (Lipinski definition) is 1. The van der Waals surface area contributed by atoms with Gasteiger partial charge in [0.05, 0.1) is 11.9 Å². The van der Waals surface area contributed by atoms with E-state index in [1.165, 1.54) is 21.3 Å². The number of nitrogens with one attached hydrogen (secondary N) is 1. The molecule has 41 heavy (non-hydrogen) atoms. The highest BCUT2D eigenvalue weighted by Gasteiger charge is 2.31. The van der Waals surface area contributed by atoms with Gasteiger partial charge in [0.2, 0.25) is 21.8 Å². The molecule has 0 fully saturated rings. The van der Waals surface area contributed by atoms with Crippen LogP contribution in [0.3, 0.4) is 0 Å². The molecule has 3 rings (SSSR count). The van der Waals surface area contributed by atoms with Gasteiger partial charge in [-0.25, -0.2) is 12.8 Å². The van der Waals surface area contributed by atoms with Crippen molar-refractivity contribution < 1.29 is 22.4 Å². The van der Waals surface area contributed by atoms with Gasteiger partial charge in [-0.1, -0.05) is 54.6 Å². The summed E-state index contributed by atoms with van der Waals surface area (Å²) < 4.78 is 40.4. The molecule has 1 atom stereocenters. The number of nitrogens with zero attached hydrogens (tertiary/aromatic N) is 2. The Morgan fingerprint density at radius 1 is 0.902 bits per heavy atom. The quantitative estimate of drug-likeness (QED) is 0.302. The Balaban J connectivity index is 1.89. The van der Waals surface area contributed by atoms with E-state index in [1.54, 1.807) is 18.2 Å². The Labute approximate surface area is 243 Å². The zero-order valence-electron chi connectivity index (χ0n) is 24.4. The third-order valence-electron chi connectivity index (χ3n) is 6.97. The maximum absolute atomic E-state index is 13.8. The normalized spacial score (nSPS) is 12.2. The second kappa shape index (κ2) is 14.3. The van der Waals surface area contributed by atoms with E-state index in [4.69, 9.17) is 0 Å². The molecule has 0 spiro atoms. The maximum Gasteiger partial charge on any atom is 0.243 e. The van der Waals surface area contributed by atoms with Gasteiger partial charge in [-0.05, 0) is 74.6 Å². The zero-order valence-corrected chi connectivity index (χ0v) is 25.2. The largest absolute Gasteiger partial charge is 0.352 e. The Bertz CT molecular complexity index is 1430. The third kappa shape index (κ3) is 9.14. The Morgan fingerprint density at radius 3 is 2.17 bits per heavy atom. The average molecular weight is 582 g/mol. The predicted octanol–water partition coefficient (Wildman–Crippen LogP) is 5.15. The fourth-order valence-electron chi connectivity index (χ4n) is 4.71. The Kier molecular flexibility index (Phi) is 11.1. The molecule has 9 heteroatoms. The molecule has 0 radical (unpaired) electrons. The van der Waals surface area contributed by atoms with Crippen LogP contribution in [0.5, 0.6) is 0 Å². The molecule has 0 unspecified atom stereocenters. The van der Waals surface area contributed by atoms with E-state index in [2.05, 4.69) is 5.32 Å². The SMILES string of the molecule is Cc1cccc(N(CCCC(=O)N(Cc2ccc(F)cc2)[C@@H](Cc2ccccc2)C(=O)NC(C)C)S(C)(=O)=O)c1C. The van der Waals surface area contributed by atoms with Crippen molar-refractivity contribution >= 4 is 27.5 Å². The van der Waals surface area contributed by atoms with Crippen molar-refractivity contribution in [1.82, 2.24) is 10.2 Å². The first-order valence-corrected chi connectivity index (χ1v) is 15.6. The summed E-state index contributed by atoms with van der Waals surface area (Å²) in [7, 11) is -3.60. The number of amides is 2. The molecule has 0 saturated carbocycles. The van der Waals surface area contributed by atoms with Crippen molar-refractivity contribution in [2.75, 3.05) is 17.1 Å². The fraction of sp³-hybridized carbons (Fsp3) is 0.375. The van der Waals surface area contributed by atoms with Crippen LogP contribution in [0.15, 0.2) is 72.8 Å². The van der Waals surface area contributed by atoms with Crippen LogP contribution in [-0.4, -0.2) is 50.0 Å². The minimum atomic E-state index is -3.60. The number of anilines is 1. The summed E-state index contributed by atoms with van der Waals surface area (Å²) in [4.78, 5) is 28.8. The molecular weight excluding hydrogens is 541 g/mol. The number of benzene rings is 3. The van der Waals surface area contributed by atoms with Crippen molar-refractivity contribution in [2.45, 2.75) is 65.6 Å². The second-order valence-electron chi connectivity index (χ2n) is 10.7. The van der Waals surface area contributed by atoms with Gasteiger partial charge in [-0.3, -0.25) is 13.9 Å². The van der Waals surface area contributed by atoms with E-state index in [-0.39, 0.29) is 43.8 Å². The van der Waals surface area contributed by atoms with E-state index in [9.17, 15) is 22.4 Å². The minimum absolute atomic E-state index is 0.0261. The highest BCUT2D eigenvalue weighted by atomic mass is 32.2. The van der Waals surface area contributed by atoms with Gasteiger partial charge < -0.3 is 10.2 Å². The lowest BCUT2D eigenvalue weighted by molar-refractivity contribution is -0.141. The summed E-state index contributed by atoms with van der Waals surface area (Å²) in [6, 6.07) is 19.9. The standard InChI is InChI=1S/C32H40FN3O4S/c1-23(2)34-32(38)30(21-26-12-7-6-8-13-26)35(22-27-16-18-28(33)19-17-27)31(37)15-10-20-36(41(5,39)40)29-14-9-11-24(3)25(29)4/h6-9,11-14,16-19,23,30H,10,15,20-22H2,1-5H3,(H,34,38)/t30-/m0/s1. The summed E-state index contributed by atoms with van der Waals surface area (Å²) in [6.45, 7) is 7.73. The van der Waals surface area contributed by atoms with Crippen LogP contribution >= 0.6 is 0 Å². The summed E-state index contributed by atoms with van der Waals surface area (Å²) in [5.74, 6) is -0.964. The van der Waals surface area contributed by atoms with Gasteiger partial charge >= 0.3 is 0 Å². The predicted molar refractivity (Wildman–Crippen MR) is 162 cm³/mol.